The van der Waals surface area contributed by atoms with Gasteiger partial charge in [0, 0.05) is 24.0 Å². The van der Waals surface area contributed by atoms with Gasteiger partial charge in [0.2, 0.25) is 0 Å². The van der Waals surface area contributed by atoms with Crippen molar-refractivity contribution in [2.75, 3.05) is 18.4 Å². The second-order valence-electron chi connectivity index (χ2n) is 6.15. The van der Waals surface area contributed by atoms with E-state index in [1.807, 2.05) is 11.8 Å². The number of halogens is 2. The molecule has 7 heteroatoms. The summed E-state index contributed by atoms with van der Waals surface area (Å²) in [4.78, 5) is 19.5. The highest BCUT2D eigenvalue weighted by molar-refractivity contribution is 7.15. The molecule has 1 N–H and O–H groups in total. The highest BCUT2D eigenvalue weighted by Crippen LogP contribution is 2.28. The number of carbonyl (C=O) groups is 1. The van der Waals surface area contributed by atoms with Gasteiger partial charge in [-0.25, -0.2) is 13.8 Å². The molecule has 0 unspecified atom stereocenters. The number of rotatable bonds is 3. The maximum absolute atomic E-state index is 13.7. The van der Waals surface area contributed by atoms with Crippen molar-refractivity contribution in [1.29, 1.82) is 0 Å². The molecule has 0 saturated carbocycles. The monoisotopic (exact) mass is 351 g/mol. The summed E-state index contributed by atoms with van der Waals surface area (Å²) in [5.41, 5.74) is 0.538. The first-order valence-corrected chi connectivity index (χ1v) is 8.74. The van der Waals surface area contributed by atoms with Gasteiger partial charge in [0.25, 0.3) is 5.91 Å². The molecule has 0 aliphatic carbocycles. The molecular weight excluding hydrogens is 332 g/mol. The van der Waals surface area contributed by atoms with Crippen molar-refractivity contribution in [1.82, 2.24) is 9.88 Å². The van der Waals surface area contributed by atoms with Gasteiger partial charge in [-0.2, -0.15) is 0 Å². The largest absolute Gasteiger partial charge is 0.337 e. The van der Waals surface area contributed by atoms with E-state index in [0.29, 0.717) is 16.7 Å². The molecule has 1 amide bonds. The Morgan fingerprint density at radius 3 is 2.71 bits per heavy atom. The zero-order chi connectivity index (χ0) is 17.3. The maximum atomic E-state index is 13.7. The summed E-state index contributed by atoms with van der Waals surface area (Å²) >= 11 is 1.28. The number of hydrogen-bond acceptors (Lipinski definition) is 4. The predicted octanol–water partition coefficient (Wildman–Crippen LogP) is 4.35. The maximum Gasteiger partial charge on any atom is 0.273 e. The summed E-state index contributed by atoms with van der Waals surface area (Å²) in [6.45, 7) is 5.50. The number of nitrogens with zero attached hydrogens (tertiary/aromatic N) is 2. The van der Waals surface area contributed by atoms with Crippen LogP contribution in [-0.4, -0.2) is 28.9 Å². The van der Waals surface area contributed by atoms with E-state index in [9.17, 15) is 13.6 Å². The van der Waals surface area contributed by atoms with Gasteiger partial charge in [-0.1, -0.05) is 6.92 Å². The lowest BCUT2D eigenvalue weighted by atomic mass is 9.99. The van der Waals surface area contributed by atoms with Crippen LogP contribution in [0.15, 0.2) is 18.2 Å². The van der Waals surface area contributed by atoms with Gasteiger partial charge in [0.05, 0.1) is 5.69 Å². The Morgan fingerprint density at radius 1 is 1.33 bits per heavy atom. The van der Waals surface area contributed by atoms with Gasteiger partial charge < -0.3 is 10.2 Å². The van der Waals surface area contributed by atoms with E-state index in [-0.39, 0.29) is 11.6 Å². The van der Waals surface area contributed by atoms with Crippen molar-refractivity contribution in [3.8, 4) is 0 Å². The summed E-state index contributed by atoms with van der Waals surface area (Å²) in [6.07, 6.45) is 2.00. The molecule has 1 aromatic heterocycles. The molecule has 0 radical (unpaired) electrons. The number of aromatic nitrogens is 1. The number of anilines is 2. The number of hydrogen-bond donors (Lipinski definition) is 1. The Morgan fingerprint density at radius 2 is 2.04 bits per heavy atom. The van der Waals surface area contributed by atoms with E-state index in [2.05, 4.69) is 17.2 Å². The quantitative estimate of drug-likeness (QED) is 0.894. The minimum atomic E-state index is -0.694. The Bertz CT molecular complexity index is 754. The summed E-state index contributed by atoms with van der Waals surface area (Å²) in [5.74, 6) is -0.767. The molecule has 4 nitrogen and oxygen atoms in total. The third-order valence-corrected chi connectivity index (χ3v) is 5.13. The SMILES string of the molecule is Cc1sc(Nc2ccc(F)cc2F)nc1C(=O)N1CCC(C)CC1. The fourth-order valence-electron chi connectivity index (χ4n) is 2.72. The number of carbonyl (C=O) groups excluding carboxylic acids is 1. The summed E-state index contributed by atoms with van der Waals surface area (Å²) in [5, 5.41) is 3.24. The van der Waals surface area contributed by atoms with Crippen LogP contribution in [0.2, 0.25) is 0 Å². The molecular formula is C17H19F2N3OS. The highest BCUT2D eigenvalue weighted by Gasteiger charge is 2.25. The van der Waals surface area contributed by atoms with Crippen LogP contribution >= 0.6 is 11.3 Å². The van der Waals surface area contributed by atoms with E-state index in [0.717, 1.165) is 36.9 Å². The molecule has 1 aliphatic rings. The van der Waals surface area contributed by atoms with E-state index in [1.165, 1.54) is 23.5 Å². The van der Waals surface area contributed by atoms with Crippen LogP contribution in [0.5, 0.6) is 0 Å². The number of benzene rings is 1. The van der Waals surface area contributed by atoms with E-state index >= 15 is 0 Å². The third kappa shape index (κ3) is 3.56. The molecule has 1 aliphatic heterocycles. The molecule has 0 atom stereocenters. The number of aryl methyl sites for hydroxylation is 1. The average molecular weight is 351 g/mol. The van der Waals surface area contributed by atoms with Crippen molar-refractivity contribution in [3.63, 3.8) is 0 Å². The van der Waals surface area contributed by atoms with Crippen LogP contribution in [0, 0.1) is 24.5 Å². The summed E-state index contributed by atoms with van der Waals surface area (Å²) in [6, 6.07) is 3.30. The van der Waals surface area contributed by atoms with Gasteiger partial charge in [0.15, 0.2) is 5.13 Å². The van der Waals surface area contributed by atoms with Gasteiger partial charge in [-0.15, -0.1) is 11.3 Å². The molecule has 0 bridgehead atoms. The zero-order valence-electron chi connectivity index (χ0n) is 13.6. The predicted molar refractivity (Wildman–Crippen MR) is 90.8 cm³/mol. The summed E-state index contributed by atoms with van der Waals surface area (Å²) in [7, 11) is 0. The third-order valence-electron chi connectivity index (χ3n) is 4.24. The first-order valence-electron chi connectivity index (χ1n) is 7.93. The summed E-state index contributed by atoms with van der Waals surface area (Å²) < 4.78 is 26.7. The van der Waals surface area contributed by atoms with Crippen LogP contribution in [0.1, 0.15) is 35.1 Å². The first kappa shape index (κ1) is 16.8. The van der Waals surface area contributed by atoms with Crippen molar-refractivity contribution < 1.29 is 13.6 Å². The topological polar surface area (TPSA) is 45.2 Å². The normalized spacial score (nSPS) is 15.6. The van der Waals surface area contributed by atoms with Gasteiger partial charge in [-0.05, 0) is 37.8 Å². The Balaban J connectivity index is 1.76. The van der Waals surface area contributed by atoms with Crippen LogP contribution in [0.4, 0.5) is 19.6 Å². The molecule has 2 heterocycles. The lowest BCUT2D eigenvalue weighted by molar-refractivity contribution is 0.0691. The smallest absolute Gasteiger partial charge is 0.273 e. The standard InChI is InChI=1S/C17H19F2N3OS/c1-10-5-7-22(8-6-10)16(23)15-11(2)24-17(21-15)20-14-4-3-12(18)9-13(14)19/h3-4,9-10H,5-8H2,1-2H3,(H,20,21). The molecule has 3 rings (SSSR count). The first-order chi connectivity index (χ1) is 11.4. The number of likely N-dealkylation sites (tertiary alicyclic amines) is 1. The van der Waals surface area contributed by atoms with Gasteiger partial charge >= 0.3 is 0 Å². The lowest BCUT2D eigenvalue weighted by Gasteiger charge is -2.29. The van der Waals surface area contributed by atoms with Crippen molar-refractivity contribution in [2.24, 2.45) is 5.92 Å². The van der Waals surface area contributed by atoms with E-state index in [1.54, 1.807) is 0 Å². The molecule has 128 valence electrons. The molecule has 1 aromatic carbocycles. The molecule has 2 aromatic rings. The molecule has 1 fully saturated rings. The van der Waals surface area contributed by atoms with Gasteiger partial charge in [0.1, 0.15) is 17.3 Å². The highest BCUT2D eigenvalue weighted by atomic mass is 32.1. The Hall–Kier alpha value is -2.02. The van der Waals surface area contributed by atoms with E-state index < -0.39 is 11.6 Å². The van der Waals surface area contributed by atoms with Crippen LogP contribution in [-0.2, 0) is 0 Å². The minimum absolute atomic E-state index is 0.0803. The number of thiazole rings is 1. The van der Waals surface area contributed by atoms with Crippen LogP contribution in [0.25, 0.3) is 0 Å². The fraction of sp³-hybridized carbons (Fsp3) is 0.412. The van der Waals surface area contributed by atoms with Crippen LogP contribution < -0.4 is 5.32 Å². The second kappa shape index (κ2) is 6.84. The fourth-order valence-corrected chi connectivity index (χ4v) is 3.53. The van der Waals surface area contributed by atoms with Crippen molar-refractivity contribution in [2.45, 2.75) is 26.7 Å². The van der Waals surface area contributed by atoms with Gasteiger partial charge in [-0.3, -0.25) is 4.79 Å². The molecule has 0 spiro atoms. The number of piperidine rings is 1. The lowest BCUT2D eigenvalue weighted by Crippen LogP contribution is -2.38. The zero-order valence-corrected chi connectivity index (χ0v) is 14.4. The number of amides is 1. The number of nitrogens with one attached hydrogen (secondary N) is 1. The molecule has 24 heavy (non-hydrogen) atoms. The van der Waals surface area contributed by atoms with Crippen molar-refractivity contribution in [3.05, 3.63) is 40.4 Å². The minimum Gasteiger partial charge on any atom is -0.337 e. The Kier molecular flexibility index (Phi) is 4.80. The second-order valence-corrected chi connectivity index (χ2v) is 7.35. The van der Waals surface area contributed by atoms with Crippen LogP contribution in [0.3, 0.4) is 0 Å². The van der Waals surface area contributed by atoms with Crippen molar-refractivity contribution >= 4 is 28.1 Å². The van der Waals surface area contributed by atoms with E-state index in [4.69, 9.17) is 0 Å². The average Bonchev–Trinajstić information content (AvgIpc) is 2.91. The molecule has 1 saturated heterocycles. The Labute approximate surface area is 143 Å².